The molecule has 0 spiro atoms. The van der Waals surface area contributed by atoms with E-state index in [2.05, 4.69) is 11.9 Å². The van der Waals surface area contributed by atoms with E-state index in [4.69, 9.17) is 10.00 Å². The number of nitriles is 1. The third-order valence-electron chi connectivity index (χ3n) is 1.61. The maximum absolute atomic E-state index is 8.59. The quantitative estimate of drug-likeness (QED) is 0.660. The Morgan fingerprint density at radius 3 is 3.08 bits per heavy atom. The summed E-state index contributed by atoms with van der Waals surface area (Å²) in [6.07, 6.45) is 5.27. The van der Waals surface area contributed by atoms with Gasteiger partial charge in [-0.15, -0.1) is 0 Å². The van der Waals surface area contributed by atoms with Gasteiger partial charge >= 0.3 is 0 Å². The Balaban J connectivity index is 2.52. The first-order chi connectivity index (χ1) is 6.36. The molecule has 0 atom stereocenters. The van der Waals surface area contributed by atoms with Crippen LogP contribution in [0.3, 0.4) is 0 Å². The Labute approximate surface area is 78.0 Å². The zero-order valence-corrected chi connectivity index (χ0v) is 7.66. The zero-order chi connectivity index (χ0) is 9.52. The lowest BCUT2D eigenvalue weighted by atomic mass is 10.3. The van der Waals surface area contributed by atoms with Crippen molar-refractivity contribution in [1.29, 1.82) is 5.26 Å². The normalized spacial score (nSPS) is 9.23. The van der Waals surface area contributed by atoms with Crippen molar-refractivity contribution in [2.45, 2.75) is 19.8 Å². The molecule has 0 aliphatic heterocycles. The third-order valence-corrected chi connectivity index (χ3v) is 1.61. The number of hydrogen-bond acceptors (Lipinski definition) is 3. The monoisotopic (exact) mass is 176 g/mol. The van der Waals surface area contributed by atoms with Crippen LogP contribution >= 0.6 is 0 Å². The summed E-state index contributed by atoms with van der Waals surface area (Å²) < 4.78 is 5.38. The van der Waals surface area contributed by atoms with Crippen molar-refractivity contribution in [2.24, 2.45) is 0 Å². The molecule has 0 aliphatic carbocycles. The van der Waals surface area contributed by atoms with Gasteiger partial charge in [0, 0.05) is 12.3 Å². The van der Waals surface area contributed by atoms with Gasteiger partial charge in [-0.2, -0.15) is 5.26 Å². The van der Waals surface area contributed by atoms with Crippen molar-refractivity contribution in [3.8, 4) is 11.8 Å². The smallest absolute Gasteiger partial charge is 0.138 e. The predicted molar refractivity (Wildman–Crippen MR) is 49.4 cm³/mol. The lowest BCUT2D eigenvalue weighted by molar-refractivity contribution is 0.308. The molecule has 0 saturated heterocycles. The van der Waals surface area contributed by atoms with Gasteiger partial charge in [0.15, 0.2) is 0 Å². The van der Waals surface area contributed by atoms with Crippen LogP contribution < -0.4 is 4.74 Å². The summed E-state index contributed by atoms with van der Waals surface area (Å²) in [5.74, 6) is 0.674. The molecule has 0 saturated carbocycles. The van der Waals surface area contributed by atoms with Crippen molar-refractivity contribution in [2.75, 3.05) is 6.61 Å². The summed E-state index contributed by atoms with van der Waals surface area (Å²) in [6.45, 7) is 2.79. The summed E-state index contributed by atoms with van der Waals surface area (Å²) in [4.78, 5) is 3.89. The summed E-state index contributed by atoms with van der Waals surface area (Å²) in [5.41, 5.74) is 0.536. The van der Waals surface area contributed by atoms with Crippen LogP contribution in [-0.2, 0) is 0 Å². The molecule has 0 aliphatic rings. The maximum Gasteiger partial charge on any atom is 0.138 e. The fourth-order valence-electron chi connectivity index (χ4n) is 0.893. The summed E-state index contributed by atoms with van der Waals surface area (Å²) in [6, 6.07) is 3.71. The second kappa shape index (κ2) is 5.15. The number of hydrogen-bond donors (Lipinski definition) is 0. The van der Waals surface area contributed by atoms with E-state index in [9.17, 15) is 0 Å². The van der Waals surface area contributed by atoms with Crippen LogP contribution in [0.15, 0.2) is 18.5 Å². The van der Waals surface area contributed by atoms with E-state index in [0.29, 0.717) is 17.9 Å². The van der Waals surface area contributed by atoms with Crippen LogP contribution in [0.2, 0.25) is 0 Å². The molecule has 13 heavy (non-hydrogen) atoms. The number of unbranched alkanes of at least 4 members (excludes halogenated alkanes) is 1. The largest absolute Gasteiger partial charge is 0.492 e. The summed E-state index contributed by atoms with van der Waals surface area (Å²) in [5, 5.41) is 8.59. The van der Waals surface area contributed by atoms with Gasteiger partial charge in [0.1, 0.15) is 11.8 Å². The van der Waals surface area contributed by atoms with Crippen molar-refractivity contribution in [3.63, 3.8) is 0 Å². The van der Waals surface area contributed by atoms with Crippen LogP contribution in [0.4, 0.5) is 0 Å². The molecule has 1 aromatic heterocycles. The van der Waals surface area contributed by atoms with Crippen LogP contribution in [0.1, 0.15) is 25.3 Å². The highest BCUT2D eigenvalue weighted by molar-refractivity contribution is 5.32. The number of pyridine rings is 1. The molecule has 1 aromatic rings. The Kier molecular flexibility index (Phi) is 3.77. The highest BCUT2D eigenvalue weighted by atomic mass is 16.5. The topological polar surface area (TPSA) is 45.9 Å². The van der Waals surface area contributed by atoms with Gasteiger partial charge in [0.2, 0.25) is 0 Å². The highest BCUT2D eigenvalue weighted by Crippen LogP contribution is 2.10. The Bertz CT molecular complexity index is 304. The van der Waals surface area contributed by atoms with E-state index in [1.807, 2.05) is 6.07 Å². The minimum absolute atomic E-state index is 0.536. The van der Waals surface area contributed by atoms with Crippen molar-refractivity contribution in [1.82, 2.24) is 4.98 Å². The van der Waals surface area contributed by atoms with Crippen molar-refractivity contribution in [3.05, 3.63) is 24.0 Å². The molecule has 68 valence electrons. The molecular weight excluding hydrogens is 164 g/mol. The lowest BCUT2D eigenvalue weighted by Crippen LogP contribution is -1.96. The summed E-state index contributed by atoms with van der Waals surface area (Å²) >= 11 is 0. The molecule has 0 bridgehead atoms. The van der Waals surface area contributed by atoms with Gasteiger partial charge < -0.3 is 4.74 Å². The molecule has 0 unspecified atom stereocenters. The first-order valence-corrected chi connectivity index (χ1v) is 4.34. The number of nitrogens with zero attached hydrogens (tertiary/aromatic N) is 2. The maximum atomic E-state index is 8.59. The molecule has 3 heteroatoms. The molecule has 0 fully saturated rings. The van der Waals surface area contributed by atoms with E-state index in [1.54, 1.807) is 12.3 Å². The number of ether oxygens (including phenoxy) is 1. The first-order valence-electron chi connectivity index (χ1n) is 4.34. The van der Waals surface area contributed by atoms with E-state index < -0.39 is 0 Å². The van der Waals surface area contributed by atoms with Crippen LogP contribution in [0.25, 0.3) is 0 Å². The number of aromatic nitrogens is 1. The van der Waals surface area contributed by atoms with E-state index in [0.717, 1.165) is 12.8 Å². The minimum atomic E-state index is 0.536. The second-order valence-electron chi connectivity index (χ2n) is 2.72. The summed E-state index contributed by atoms with van der Waals surface area (Å²) in [7, 11) is 0. The second-order valence-corrected chi connectivity index (χ2v) is 2.72. The zero-order valence-electron chi connectivity index (χ0n) is 7.66. The Morgan fingerprint density at radius 1 is 1.54 bits per heavy atom. The van der Waals surface area contributed by atoms with Gasteiger partial charge in [-0.05, 0) is 6.42 Å². The van der Waals surface area contributed by atoms with Crippen LogP contribution in [0, 0.1) is 11.3 Å². The predicted octanol–water partition coefficient (Wildman–Crippen LogP) is 2.13. The molecule has 3 nitrogen and oxygen atoms in total. The van der Waals surface area contributed by atoms with E-state index in [-0.39, 0.29) is 0 Å². The SMILES string of the molecule is CCCCOc1cncc(C#N)c1. The number of rotatable bonds is 4. The fourth-order valence-corrected chi connectivity index (χ4v) is 0.893. The van der Waals surface area contributed by atoms with Crippen LogP contribution in [0.5, 0.6) is 5.75 Å². The molecule has 0 N–H and O–H groups in total. The first kappa shape index (κ1) is 9.53. The Morgan fingerprint density at radius 2 is 2.38 bits per heavy atom. The molecule has 1 rings (SSSR count). The fraction of sp³-hybridized carbons (Fsp3) is 0.400. The van der Waals surface area contributed by atoms with Gasteiger partial charge in [0.05, 0.1) is 18.4 Å². The average molecular weight is 176 g/mol. The molecule has 0 amide bonds. The molecular formula is C10H12N2O. The van der Waals surface area contributed by atoms with Gasteiger partial charge in [-0.1, -0.05) is 13.3 Å². The van der Waals surface area contributed by atoms with Crippen LogP contribution in [-0.4, -0.2) is 11.6 Å². The van der Waals surface area contributed by atoms with E-state index >= 15 is 0 Å². The van der Waals surface area contributed by atoms with Gasteiger partial charge in [-0.25, -0.2) is 0 Å². The van der Waals surface area contributed by atoms with Gasteiger partial charge in [0.25, 0.3) is 0 Å². The molecule has 0 radical (unpaired) electrons. The highest BCUT2D eigenvalue weighted by Gasteiger charge is 1.95. The minimum Gasteiger partial charge on any atom is -0.492 e. The molecule has 1 heterocycles. The third kappa shape index (κ3) is 3.12. The van der Waals surface area contributed by atoms with Crippen molar-refractivity contribution < 1.29 is 4.74 Å². The van der Waals surface area contributed by atoms with Gasteiger partial charge in [-0.3, -0.25) is 4.98 Å². The Hall–Kier alpha value is -1.56. The standard InChI is InChI=1S/C10H12N2O/c1-2-3-4-13-10-5-9(6-11)7-12-8-10/h5,7-8H,2-4H2,1H3. The average Bonchev–Trinajstić information content (AvgIpc) is 2.19. The van der Waals surface area contributed by atoms with E-state index in [1.165, 1.54) is 6.20 Å². The lowest BCUT2D eigenvalue weighted by Gasteiger charge is -2.03. The molecule has 0 aromatic carbocycles. The van der Waals surface area contributed by atoms with Crippen molar-refractivity contribution >= 4 is 0 Å².